The van der Waals surface area contributed by atoms with E-state index in [9.17, 15) is 9.18 Å². The Kier molecular flexibility index (Phi) is 4.74. The normalized spacial score (nSPS) is 17.6. The van der Waals surface area contributed by atoms with Gasteiger partial charge >= 0.3 is 6.01 Å². The summed E-state index contributed by atoms with van der Waals surface area (Å²) in [6, 6.07) is 5.89. The molecule has 24 heavy (non-hydrogen) atoms. The van der Waals surface area contributed by atoms with E-state index in [-0.39, 0.29) is 18.0 Å². The van der Waals surface area contributed by atoms with E-state index in [2.05, 4.69) is 9.97 Å². The van der Waals surface area contributed by atoms with Gasteiger partial charge in [-0.05, 0) is 49.9 Å². The number of halogens is 1. The summed E-state index contributed by atoms with van der Waals surface area (Å²) in [5.41, 5.74) is 2.96. The van der Waals surface area contributed by atoms with E-state index in [0.29, 0.717) is 18.7 Å². The molecule has 0 spiro atoms. The molecule has 0 saturated carbocycles. The molecular weight excluding hydrogens is 309 g/mol. The average Bonchev–Trinajstić information content (AvgIpc) is 2.59. The molecule has 6 heteroatoms. The summed E-state index contributed by atoms with van der Waals surface area (Å²) < 4.78 is 18.5. The zero-order valence-electron chi connectivity index (χ0n) is 13.8. The van der Waals surface area contributed by atoms with E-state index < -0.39 is 5.82 Å². The summed E-state index contributed by atoms with van der Waals surface area (Å²) in [5, 5.41) is 0. The lowest BCUT2D eigenvalue weighted by molar-refractivity contribution is 0.0515. The first-order chi connectivity index (χ1) is 11.5. The van der Waals surface area contributed by atoms with Crippen LogP contribution in [0.2, 0.25) is 0 Å². The second kappa shape index (κ2) is 6.95. The molecule has 1 aromatic heterocycles. The number of nitrogens with zero attached hydrogens (tertiary/aromatic N) is 3. The predicted octanol–water partition coefficient (Wildman–Crippen LogP) is 2.92. The average molecular weight is 329 g/mol. The SMILES string of the molecule is Cc1ccc(C(=O)N2CCCC(Oc3ncc(F)cn3)C2)cc1C. The van der Waals surface area contributed by atoms with Crippen molar-refractivity contribution in [3.8, 4) is 6.01 Å². The summed E-state index contributed by atoms with van der Waals surface area (Å²) >= 11 is 0. The first-order valence-corrected chi connectivity index (χ1v) is 8.03. The lowest BCUT2D eigenvalue weighted by atomic mass is 10.0. The molecule has 0 N–H and O–H groups in total. The Balaban J connectivity index is 1.67. The topological polar surface area (TPSA) is 55.3 Å². The molecule has 1 amide bonds. The number of aromatic nitrogens is 2. The van der Waals surface area contributed by atoms with Crippen molar-refractivity contribution in [2.45, 2.75) is 32.8 Å². The van der Waals surface area contributed by atoms with E-state index in [1.807, 2.05) is 32.0 Å². The Labute approximate surface area is 140 Å². The van der Waals surface area contributed by atoms with Gasteiger partial charge in [-0.15, -0.1) is 0 Å². The van der Waals surface area contributed by atoms with Crippen LogP contribution in [0, 0.1) is 19.7 Å². The third-order valence-electron chi connectivity index (χ3n) is 4.29. The van der Waals surface area contributed by atoms with Gasteiger partial charge in [-0.25, -0.2) is 14.4 Å². The minimum absolute atomic E-state index is 0.00595. The highest BCUT2D eigenvalue weighted by Crippen LogP contribution is 2.19. The predicted molar refractivity (Wildman–Crippen MR) is 87.5 cm³/mol. The molecule has 5 nitrogen and oxygen atoms in total. The molecule has 1 aromatic carbocycles. The monoisotopic (exact) mass is 329 g/mol. The minimum atomic E-state index is -0.502. The summed E-state index contributed by atoms with van der Waals surface area (Å²) in [6.07, 6.45) is 3.63. The van der Waals surface area contributed by atoms with Crippen LogP contribution in [0.25, 0.3) is 0 Å². The number of hydrogen-bond acceptors (Lipinski definition) is 4. The fourth-order valence-electron chi connectivity index (χ4n) is 2.79. The van der Waals surface area contributed by atoms with Gasteiger partial charge in [0.25, 0.3) is 5.91 Å². The number of carbonyl (C=O) groups is 1. The highest BCUT2D eigenvalue weighted by Gasteiger charge is 2.26. The van der Waals surface area contributed by atoms with Crippen molar-refractivity contribution in [1.82, 2.24) is 14.9 Å². The molecule has 1 aliphatic rings. The van der Waals surface area contributed by atoms with Gasteiger partial charge in [0.1, 0.15) is 6.10 Å². The molecule has 2 heterocycles. The van der Waals surface area contributed by atoms with Crippen molar-refractivity contribution in [3.63, 3.8) is 0 Å². The molecule has 3 rings (SSSR count). The Morgan fingerprint density at radius 3 is 2.71 bits per heavy atom. The van der Waals surface area contributed by atoms with Crippen LogP contribution < -0.4 is 4.74 Å². The van der Waals surface area contributed by atoms with Crippen LogP contribution in [-0.2, 0) is 0 Å². The van der Waals surface area contributed by atoms with Gasteiger partial charge in [0.05, 0.1) is 18.9 Å². The summed E-state index contributed by atoms with van der Waals surface area (Å²) in [6.45, 7) is 5.21. The molecular formula is C18H20FN3O2. The Morgan fingerprint density at radius 2 is 2.00 bits per heavy atom. The van der Waals surface area contributed by atoms with E-state index >= 15 is 0 Å². The highest BCUT2D eigenvalue weighted by molar-refractivity contribution is 5.94. The number of aryl methyl sites for hydroxylation is 2. The number of amides is 1. The van der Waals surface area contributed by atoms with Gasteiger partial charge in [0.15, 0.2) is 5.82 Å². The standard InChI is InChI=1S/C18H20FN3O2/c1-12-5-6-14(8-13(12)2)17(23)22-7-3-4-16(11-22)24-18-20-9-15(19)10-21-18/h5-6,8-10,16H,3-4,7,11H2,1-2H3. The number of likely N-dealkylation sites (tertiary alicyclic amines) is 1. The van der Waals surface area contributed by atoms with Gasteiger partial charge in [-0.2, -0.15) is 0 Å². The first-order valence-electron chi connectivity index (χ1n) is 8.03. The quantitative estimate of drug-likeness (QED) is 0.869. The van der Waals surface area contributed by atoms with Crippen LogP contribution in [0.3, 0.4) is 0 Å². The third-order valence-corrected chi connectivity index (χ3v) is 4.29. The summed E-state index contributed by atoms with van der Waals surface area (Å²) in [7, 11) is 0. The van der Waals surface area contributed by atoms with E-state index in [0.717, 1.165) is 30.8 Å². The molecule has 2 aromatic rings. The number of benzene rings is 1. The molecule has 0 aliphatic carbocycles. The molecule has 1 unspecified atom stereocenters. The Bertz CT molecular complexity index is 734. The molecule has 1 aliphatic heterocycles. The molecule has 1 saturated heterocycles. The van der Waals surface area contributed by atoms with Crippen molar-refractivity contribution < 1.29 is 13.9 Å². The first kappa shape index (κ1) is 16.4. The molecule has 1 atom stereocenters. The van der Waals surface area contributed by atoms with Gasteiger partial charge < -0.3 is 9.64 Å². The van der Waals surface area contributed by atoms with E-state index in [1.54, 1.807) is 4.90 Å². The number of hydrogen-bond donors (Lipinski definition) is 0. The van der Waals surface area contributed by atoms with Crippen LogP contribution in [0.15, 0.2) is 30.6 Å². The van der Waals surface area contributed by atoms with E-state index in [1.165, 1.54) is 5.56 Å². The fraction of sp³-hybridized carbons (Fsp3) is 0.389. The number of ether oxygens (including phenoxy) is 1. The van der Waals surface area contributed by atoms with Gasteiger partial charge in [0.2, 0.25) is 0 Å². The maximum Gasteiger partial charge on any atom is 0.316 e. The second-order valence-corrected chi connectivity index (χ2v) is 6.12. The van der Waals surface area contributed by atoms with E-state index in [4.69, 9.17) is 4.74 Å². The minimum Gasteiger partial charge on any atom is -0.458 e. The van der Waals surface area contributed by atoms with Crippen molar-refractivity contribution in [1.29, 1.82) is 0 Å². The summed E-state index contributed by atoms with van der Waals surface area (Å²) in [4.78, 5) is 22.1. The second-order valence-electron chi connectivity index (χ2n) is 6.12. The third kappa shape index (κ3) is 3.69. The molecule has 0 bridgehead atoms. The Hall–Kier alpha value is -2.50. The smallest absolute Gasteiger partial charge is 0.316 e. The highest BCUT2D eigenvalue weighted by atomic mass is 19.1. The number of piperidine rings is 1. The van der Waals surface area contributed by atoms with Crippen LogP contribution in [-0.4, -0.2) is 40.0 Å². The number of rotatable bonds is 3. The zero-order chi connectivity index (χ0) is 17.1. The van der Waals surface area contributed by atoms with Crippen molar-refractivity contribution >= 4 is 5.91 Å². The number of carbonyl (C=O) groups excluding carboxylic acids is 1. The van der Waals surface area contributed by atoms with Crippen molar-refractivity contribution in [2.75, 3.05) is 13.1 Å². The maximum atomic E-state index is 12.8. The van der Waals surface area contributed by atoms with Crippen molar-refractivity contribution in [3.05, 3.63) is 53.1 Å². The zero-order valence-corrected chi connectivity index (χ0v) is 13.8. The lowest BCUT2D eigenvalue weighted by Crippen LogP contribution is -2.44. The van der Waals surface area contributed by atoms with Gasteiger partial charge in [-0.3, -0.25) is 4.79 Å². The molecule has 126 valence electrons. The van der Waals surface area contributed by atoms with Crippen molar-refractivity contribution in [2.24, 2.45) is 0 Å². The largest absolute Gasteiger partial charge is 0.458 e. The molecule has 0 radical (unpaired) electrons. The maximum absolute atomic E-state index is 12.8. The van der Waals surface area contributed by atoms with Crippen LogP contribution in [0.5, 0.6) is 6.01 Å². The van der Waals surface area contributed by atoms with Gasteiger partial charge in [0, 0.05) is 12.1 Å². The van der Waals surface area contributed by atoms with Crippen LogP contribution in [0.4, 0.5) is 4.39 Å². The Morgan fingerprint density at radius 1 is 1.25 bits per heavy atom. The molecule has 1 fully saturated rings. The lowest BCUT2D eigenvalue weighted by Gasteiger charge is -2.32. The summed E-state index contributed by atoms with van der Waals surface area (Å²) in [5.74, 6) is -0.496. The van der Waals surface area contributed by atoms with Gasteiger partial charge in [-0.1, -0.05) is 6.07 Å². The fourth-order valence-corrected chi connectivity index (χ4v) is 2.79. The van der Waals surface area contributed by atoms with Crippen LogP contribution in [0.1, 0.15) is 34.3 Å². The van der Waals surface area contributed by atoms with Crippen LogP contribution >= 0.6 is 0 Å².